The highest BCUT2D eigenvalue weighted by Crippen LogP contribution is 2.28. The van der Waals surface area contributed by atoms with Crippen molar-refractivity contribution in [3.05, 3.63) is 0 Å². The Bertz CT molecular complexity index is 315. The fraction of sp³-hybridized carbons (Fsp3) is 0.833. The number of nitrogens with zero attached hydrogens (tertiary/aromatic N) is 1. The van der Waals surface area contributed by atoms with E-state index in [1.807, 2.05) is 0 Å². The highest BCUT2D eigenvalue weighted by Gasteiger charge is 2.38. The molecule has 1 aliphatic heterocycles. The van der Waals surface area contributed by atoms with Gasteiger partial charge in [-0.05, 0) is 33.1 Å². The minimum Gasteiger partial charge on any atom is -0.444 e. The third kappa shape index (κ3) is 4.23. The Labute approximate surface area is 105 Å². The number of hydrogen-bond donors (Lipinski definition) is 0. The second kappa shape index (κ2) is 5.63. The summed E-state index contributed by atoms with van der Waals surface area (Å²) in [5.74, 6) is -0.340. The molecule has 4 nitrogen and oxygen atoms in total. The highest BCUT2D eigenvalue weighted by molar-refractivity contribution is 5.74. The van der Waals surface area contributed by atoms with Gasteiger partial charge >= 0.3 is 6.09 Å². The van der Waals surface area contributed by atoms with Crippen LogP contribution in [0.5, 0.6) is 0 Å². The quantitative estimate of drug-likeness (QED) is 0.735. The molecule has 0 saturated carbocycles. The molecule has 1 amide bonds. The molecular weight excluding hydrogens is 244 g/mol. The standard InChI is InChI=1S/C12H19F2NO3/c1-12(2,3)18-11(17)15-6-8(5-10(13)14)4-9(15)7-16/h7-10H,4-6H2,1-3H3. The van der Waals surface area contributed by atoms with Gasteiger partial charge in [-0.3, -0.25) is 4.90 Å². The molecule has 18 heavy (non-hydrogen) atoms. The zero-order valence-corrected chi connectivity index (χ0v) is 10.9. The fourth-order valence-electron chi connectivity index (χ4n) is 2.04. The molecule has 0 radical (unpaired) electrons. The summed E-state index contributed by atoms with van der Waals surface area (Å²) in [6, 6.07) is -0.649. The SMILES string of the molecule is CC(C)(C)OC(=O)N1CC(CC(F)F)CC1C=O. The van der Waals surface area contributed by atoms with Gasteiger partial charge in [0.15, 0.2) is 0 Å². The van der Waals surface area contributed by atoms with Crippen molar-refractivity contribution in [3.63, 3.8) is 0 Å². The van der Waals surface area contributed by atoms with Crippen molar-refractivity contribution in [1.29, 1.82) is 0 Å². The van der Waals surface area contributed by atoms with Crippen LogP contribution in [-0.4, -0.2) is 41.9 Å². The fourth-order valence-corrected chi connectivity index (χ4v) is 2.04. The second-order valence-corrected chi connectivity index (χ2v) is 5.56. The van der Waals surface area contributed by atoms with Crippen molar-refractivity contribution in [1.82, 2.24) is 4.90 Å². The van der Waals surface area contributed by atoms with Gasteiger partial charge in [-0.1, -0.05) is 0 Å². The molecule has 104 valence electrons. The summed E-state index contributed by atoms with van der Waals surface area (Å²) < 4.78 is 29.7. The normalized spacial score (nSPS) is 24.4. The molecule has 0 aliphatic carbocycles. The molecule has 0 aromatic rings. The van der Waals surface area contributed by atoms with Gasteiger partial charge in [0, 0.05) is 13.0 Å². The van der Waals surface area contributed by atoms with E-state index < -0.39 is 24.2 Å². The Balaban J connectivity index is 2.64. The highest BCUT2D eigenvalue weighted by atomic mass is 19.3. The van der Waals surface area contributed by atoms with Gasteiger partial charge in [0.25, 0.3) is 0 Å². The second-order valence-electron chi connectivity index (χ2n) is 5.56. The zero-order valence-electron chi connectivity index (χ0n) is 10.9. The number of aldehydes is 1. The molecule has 6 heteroatoms. The molecule has 1 fully saturated rings. The maximum absolute atomic E-state index is 12.3. The summed E-state index contributed by atoms with van der Waals surface area (Å²) in [7, 11) is 0. The lowest BCUT2D eigenvalue weighted by Crippen LogP contribution is -2.40. The van der Waals surface area contributed by atoms with E-state index in [-0.39, 0.29) is 25.3 Å². The largest absolute Gasteiger partial charge is 0.444 e. The first-order valence-corrected chi connectivity index (χ1v) is 5.96. The van der Waals surface area contributed by atoms with Gasteiger partial charge in [0.1, 0.15) is 11.9 Å². The van der Waals surface area contributed by atoms with Gasteiger partial charge in [-0.25, -0.2) is 13.6 Å². The topological polar surface area (TPSA) is 46.6 Å². The van der Waals surface area contributed by atoms with Crippen molar-refractivity contribution >= 4 is 12.4 Å². The Kier molecular flexibility index (Phi) is 4.65. The monoisotopic (exact) mass is 263 g/mol. The number of alkyl halides is 2. The predicted octanol–water partition coefficient (Wildman–Crippen LogP) is 2.47. The Morgan fingerprint density at radius 1 is 1.50 bits per heavy atom. The molecule has 0 N–H and O–H groups in total. The van der Waals surface area contributed by atoms with E-state index in [1.165, 1.54) is 4.90 Å². The van der Waals surface area contributed by atoms with Gasteiger partial charge < -0.3 is 9.53 Å². The molecule has 2 atom stereocenters. The Morgan fingerprint density at radius 2 is 2.11 bits per heavy atom. The first-order chi connectivity index (χ1) is 8.23. The number of rotatable bonds is 3. The van der Waals surface area contributed by atoms with Crippen molar-refractivity contribution < 1.29 is 23.1 Å². The minimum absolute atomic E-state index is 0.155. The number of likely N-dealkylation sites (tertiary alicyclic amines) is 1. The summed E-state index contributed by atoms with van der Waals surface area (Å²) in [4.78, 5) is 23.9. The van der Waals surface area contributed by atoms with Gasteiger partial charge in [-0.2, -0.15) is 0 Å². The third-order valence-corrected chi connectivity index (χ3v) is 2.73. The molecule has 1 rings (SSSR count). The molecule has 0 aromatic carbocycles. The van der Waals surface area contributed by atoms with Crippen molar-refractivity contribution in [3.8, 4) is 0 Å². The average molecular weight is 263 g/mol. The van der Waals surface area contributed by atoms with Crippen LogP contribution in [0.1, 0.15) is 33.6 Å². The van der Waals surface area contributed by atoms with E-state index in [1.54, 1.807) is 20.8 Å². The van der Waals surface area contributed by atoms with Crippen LogP contribution < -0.4 is 0 Å². The van der Waals surface area contributed by atoms with Crippen molar-refractivity contribution in [2.75, 3.05) is 6.54 Å². The number of carbonyl (C=O) groups excluding carboxylic acids is 2. The molecule has 0 aromatic heterocycles. The number of ether oxygens (including phenoxy) is 1. The van der Waals surface area contributed by atoms with Gasteiger partial charge in [-0.15, -0.1) is 0 Å². The average Bonchev–Trinajstić information content (AvgIpc) is 2.57. The summed E-state index contributed by atoms with van der Waals surface area (Å²) >= 11 is 0. The smallest absolute Gasteiger partial charge is 0.410 e. The van der Waals surface area contributed by atoms with E-state index in [2.05, 4.69) is 0 Å². The van der Waals surface area contributed by atoms with E-state index in [9.17, 15) is 18.4 Å². The summed E-state index contributed by atoms with van der Waals surface area (Å²) in [6.07, 6.45) is -2.41. The first-order valence-electron chi connectivity index (χ1n) is 5.96. The van der Waals surface area contributed by atoms with Gasteiger partial charge in [0.2, 0.25) is 6.43 Å². The van der Waals surface area contributed by atoms with Crippen LogP contribution in [0, 0.1) is 5.92 Å². The van der Waals surface area contributed by atoms with Crippen LogP contribution in [-0.2, 0) is 9.53 Å². The van der Waals surface area contributed by atoms with E-state index in [0.29, 0.717) is 6.29 Å². The molecular formula is C12H19F2NO3. The Morgan fingerprint density at radius 3 is 2.56 bits per heavy atom. The van der Waals surface area contributed by atoms with E-state index in [4.69, 9.17) is 4.74 Å². The Hall–Kier alpha value is -1.20. The first kappa shape index (κ1) is 14.9. The number of hydrogen-bond acceptors (Lipinski definition) is 3. The van der Waals surface area contributed by atoms with E-state index >= 15 is 0 Å². The molecule has 1 saturated heterocycles. The minimum atomic E-state index is -2.42. The maximum atomic E-state index is 12.3. The summed E-state index contributed by atoms with van der Waals surface area (Å²) in [5, 5.41) is 0. The molecule has 0 bridgehead atoms. The summed E-state index contributed by atoms with van der Waals surface area (Å²) in [5.41, 5.74) is -0.661. The van der Waals surface area contributed by atoms with Crippen LogP contribution in [0.4, 0.5) is 13.6 Å². The van der Waals surface area contributed by atoms with Crippen LogP contribution in [0.2, 0.25) is 0 Å². The maximum Gasteiger partial charge on any atom is 0.410 e. The number of halogens is 2. The summed E-state index contributed by atoms with van der Waals surface area (Å²) in [6.45, 7) is 5.30. The van der Waals surface area contributed by atoms with Crippen molar-refractivity contribution in [2.24, 2.45) is 5.92 Å². The molecule has 1 heterocycles. The van der Waals surface area contributed by atoms with Crippen LogP contribution in [0.3, 0.4) is 0 Å². The van der Waals surface area contributed by atoms with Crippen LogP contribution in [0.15, 0.2) is 0 Å². The van der Waals surface area contributed by atoms with Gasteiger partial charge in [0.05, 0.1) is 6.04 Å². The predicted molar refractivity (Wildman–Crippen MR) is 61.5 cm³/mol. The number of amides is 1. The lowest BCUT2D eigenvalue weighted by molar-refractivity contribution is -0.111. The molecule has 2 unspecified atom stereocenters. The van der Waals surface area contributed by atoms with E-state index in [0.717, 1.165) is 0 Å². The van der Waals surface area contributed by atoms with Crippen LogP contribution >= 0.6 is 0 Å². The van der Waals surface area contributed by atoms with Crippen molar-refractivity contribution in [2.45, 2.75) is 51.7 Å². The van der Waals surface area contributed by atoms with Crippen LogP contribution in [0.25, 0.3) is 0 Å². The lowest BCUT2D eigenvalue weighted by atomic mass is 10.0. The third-order valence-electron chi connectivity index (χ3n) is 2.73. The number of carbonyl (C=O) groups is 2. The molecule has 0 spiro atoms. The zero-order chi connectivity index (χ0) is 13.9. The molecule has 1 aliphatic rings. The lowest BCUT2D eigenvalue weighted by Gasteiger charge is -2.26.